The van der Waals surface area contributed by atoms with Gasteiger partial charge in [0.05, 0.1) is 13.2 Å². The average molecular weight is 297 g/mol. The average Bonchev–Trinajstić information content (AvgIpc) is 2.49. The first-order chi connectivity index (χ1) is 10.3. The Hall–Kier alpha value is -0.650. The number of ether oxygens (including phenoxy) is 1. The third-order valence-electron chi connectivity index (χ3n) is 4.39. The van der Waals surface area contributed by atoms with Crippen molar-refractivity contribution in [1.29, 1.82) is 0 Å². The van der Waals surface area contributed by atoms with Gasteiger partial charge in [0, 0.05) is 32.1 Å². The van der Waals surface area contributed by atoms with E-state index in [9.17, 15) is 4.79 Å². The first kappa shape index (κ1) is 16.7. The van der Waals surface area contributed by atoms with Gasteiger partial charge in [0.1, 0.15) is 0 Å². The number of carbonyl (C=O) groups excluding carboxylic acids is 1. The number of amides is 1. The van der Waals surface area contributed by atoms with Crippen LogP contribution in [0.15, 0.2) is 0 Å². The molecule has 2 aliphatic rings. The molecule has 0 saturated carbocycles. The van der Waals surface area contributed by atoms with Gasteiger partial charge in [-0.2, -0.15) is 0 Å². The molecule has 0 aliphatic carbocycles. The van der Waals surface area contributed by atoms with Crippen molar-refractivity contribution in [3.05, 3.63) is 0 Å². The van der Waals surface area contributed by atoms with Gasteiger partial charge < -0.3 is 15.0 Å². The Kier molecular flexibility index (Phi) is 7.47. The van der Waals surface area contributed by atoms with Crippen LogP contribution in [0.5, 0.6) is 0 Å². The minimum absolute atomic E-state index is 0.228. The van der Waals surface area contributed by atoms with Gasteiger partial charge >= 0.3 is 0 Å². The van der Waals surface area contributed by atoms with Crippen molar-refractivity contribution in [3.63, 3.8) is 0 Å². The predicted molar refractivity (Wildman–Crippen MR) is 84.4 cm³/mol. The zero-order valence-electron chi connectivity index (χ0n) is 13.5. The van der Waals surface area contributed by atoms with Crippen molar-refractivity contribution in [2.45, 2.75) is 45.1 Å². The molecule has 1 N–H and O–H groups in total. The molecule has 2 heterocycles. The molecule has 5 nitrogen and oxygen atoms in total. The number of carbonyl (C=O) groups is 1. The molecule has 21 heavy (non-hydrogen) atoms. The Morgan fingerprint density at radius 1 is 1.19 bits per heavy atom. The number of morpholine rings is 1. The van der Waals surface area contributed by atoms with Gasteiger partial charge in [-0.05, 0) is 45.3 Å². The Labute approximate surface area is 129 Å². The van der Waals surface area contributed by atoms with E-state index in [1.807, 2.05) is 0 Å². The number of nitrogens with one attached hydrogen (secondary N) is 1. The molecule has 5 heteroatoms. The number of rotatable bonds is 7. The van der Waals surface area contributed by atoms with Gasteiger partial charge in [-0.15, -0.1) is 0 Å². The highest BCUT2D eigenvalue weighted by Crippen LogP contribution is 2.10. The van der Waals surface area contributed by atoms with Crippen LogP contribution in [0.25, 0.3) is 0 Å². The summed E-state index contributed by atoms with van der Waals surface area (Å²) in [5.41, 5.74) is 0. The van der Waals surface area contributed by atoms with Crippen LogP contribution in [0.3, 0.4) is 0 Å². The Bertz CT molecular complexity index is 304. The topological polar surface area (TPSA) is 44.8 Å². The molecule has 2 rings (SSSR count). The summed E-state index contributed by atoms with van der Waals surface area (Å²) in [7, 11) is 0. The van der Waals surface area contributed by atoms with Crippen LogP contribution in [0.4, 0.5) is 0 Å². The Morgan fingerprint density at radius 2 is 2.00 bits per heavy atom. The summed E-state index contributed by atoms with van der Waals surface area (Å²) in [6.45, 7) is 10.3. The zero-order chi connectivity index (χ0) is 14.9. The van der Waals surface area contributed by atoms with Gasteiger partial charge in [0.25, 0.3) is 0 Å². The fourth-order valence-electron chi connectivity index (χ4n) is 3.28. The van der Waals surface area contributed by atoms with E-state index in [4.69, 9.17) is 4.74 Å². The molecule has 0 aromatic rings. The number of piperidine rings is 1. The van der Waals surface area contributed by atoms with E-state index in [0.29, 0.717) is 12.5 Å². The molecule has 2 fully saturated rings. The standard InChI is InChI=1S/C16H31N3O2/c1-2-7-19-9-3-5-15(14-19)17-16(20)6-4-8-18-10-12-21-13-11-18/h15H,2-14H2,1H3,(H,17,20). The Balaban J connectivity index is 1.58. The lowest BCUT2D eigenvalue weighted by molar-refractivity contribution is -0.122. The molecule has 0 aromatic carbocycles. The van der Waals surface area contributed by atoms with Gasteiger partial charge in [0.15, 0.2) is 0 Å². The second-order valence-electron chi connectivity index (χ2n) is 6.26. The fourth-order valence-corrected chi connectivity index (χ4v) is 3.28. The fraction of sp³-hybridized carbons (Fsp3) is 0.938. The van der Waals surface area contributed by atoms with Gasteiger partial charge in [-0.25, -0.2) is 0 Å². The smallest absolute Gasteiger partial charge is 0.220 e. The highest BCUT2D eigenvalue weighted by molar-refractivity contribution is 5.76. The second-order valence-corrected chi connectivity index (χ2v) is 6.26. The first-order valence-corrected chi connectivity index (χ1v) is 8.59. The van der Waals surface area contributed by atoms with E-state index < -0.39 is 0 Å². The molecule has 0 radical (unpaired) electrons. The quantitative estimate of drug-likeness (QED) is 0.764. The lowest BCUT2D eigenvalue weighted by atomic mass is 10.1. The molecule has 1 atom stereocenters. The van der Waals surface area contributed by atoms with Crippen molar-refractivity contribution in [2.75, 3.05) is 52.5 Å². The Morgan fingerprint density at radius 3 is 2.76 bits per heavy atom. The van der Waals surface area contributed by atoms with Crippen LogP contribution >= 0.6 is 0 Å². The zero-order valence-corrected chi connectivity index (χ0v) is 13.5. The molecule has 1 unspecified atom stereocenters. The molecular weight excluding hydrogens is 266 g/mol. The third kappa shape index (κ3) is 6.32. The van der Waals surface area contributed by atoms with Crippen LogP contribution in [0, 0.1) is 0 Å². The molecule has 0 bridgehead atoms. The number of hydrogen-bond acceptors (Lipinski definition) is 4. The van der Waals surface area contributed by atoms with Crippen molar-refractivity contribution in [2.24, 2.45) is 0 Å². The number of hydrogen-bond donors (Lipinski definition) is 1. The molecule has 2 saturated heterocycles. The van der Waals surface area contributed by atoms with E-state index in [-0.39, 0.29) is 5.91 Å². The van der Waals surface area contributed by atoms with Crippen LogP contribution in [0.1, 0.15) is 39.0 Å². The van der Waals surface area contributed by atoms with E-state index >= 15 is 0 Å². The van der Waals surface area contributed by atoms with Gasteiger partial charge in [-0.3, -0.25) is 9.69 Å². The van der Waals surface area contributed by atoms with E-state index in [1.54, 1.807) is 0 Å². The summed E-state index contributed by atoms with van der Waals surface area (Å²) in [6.07, 6.45) is 5.15. The van der Waals surface area contributed by atoms with Crippen LogP contribution in [0.2, 0.25) is 0 Å². The van der Waals surface area contributed by atoms with Crippen molar-refractivity contribution in [1.82, 2.24) is 15.1 Å². The summed E-state index contributed by atoms with van der Waals surface area (Å²) >= 11 is 0. The summed E-state index contributed by atoms with van der Waals surface area (Å²) in [6, 6.07) is 0.362. The maximum Gasteiger partial charge on any atom is 0.220 e. The number of likely N-dealkylation sites (tertiary alicyclic amines) is 1. The summed E-state index contributed by atoms with van der Waals surface area (Å²) in [4.78, 5) is 16.9. The maximum absolute atomic E-state index is 12.0. The maximum atomic E-state index is 12.0. The van der Waals surface area contributed by atoms with Crippen molar-refractivity contribution >= 4 is 5.91 Å². The largest absolute Gasteiger partial charge is 0.379 e. The third-order valence-corrected chi connectivity index (χ3v) is 4.39. The second kappa shape index (κ2) is 9.38. The SMILES string of the molecule is CCCN1CCCC(NC(=O)CCCN2CCOCC2)C1. The lowest BCUT2D eigenvalue weighted by Gasteiger charge is -2.33. The van der Waals surface area contributed by atoms with Crippen LogP contribution in [-0.4, -0.2) is 74.2 Å². The monoisotopic (exact) mass is 297 g/mol. The molecule has 122 valence electrons. The predicted octanol–water partition coefficient (Wildman–Crippen LogP) is 1.09. The minimum atomic E-state index is 0.228. The van der Waals surface area contributed by atoms with Crippen molar-refractivity contribution < 1.29 is 9.53 Å². The van der Waals surface area contributed by atoms with Crippen LogP contribution < -0.4 is 5.32 Å². The normalized spacial score (nSPS) is 24.9. The van der Waals surface area contributed by atoms with Crippen molar-refractivity contribution in [3.8, 4) is 0 Å². The van der Waals surface area contributed by atoms with Gasteiger partial charge in [0.2, 0.25) is 5.91 Å². The summed E-state index contributed by atoms with van der Waals surface area (Å²) in [5.74, 6) is 0.228. The van der Waals surface area contributed by atoms with E-state index in [2.05, 4.69) is 22.0 Å². The minimum Gasteiger partial charge on any atom is -0.379 e. The highest BCUT2D eigenvalue weighted by Gasteiger charge is 2.20. The summed E-state index contributed by atoms with van der Waals surface area (Å²) < 4.78 is 5.33. The molecule has 2 aliphatic heterocycles. The first-order valence-electron chi connectivity index (χ1n) is 8.59. The van der Waals surface area contributed by atoms with Gasteiger partial charge in [-0.1, -0.05) is 6.92 Å². The van der Waals surface area contributed by atoms with E-state index in [1.165, 1.54) is 19.4 Å². The lowest BCUT2D eigenvalue weighted by Crippen LogP contribution is -2.47. The summed E-state index contributed by atoms with van der Waals surface area (Å²) in [5, 5.41) is 3.22. The molecule has 0 aromatic heterocycles. The molecular formula is C16H31N3O2. The molecule has 0 spiro atoms. The van der Waals surface area contributed by atoms with Crippen LogP contribution in [-0.2, 0) is 9.53 Å². The number of nitrogens with zero attached hydrogens (tertiary/aromatic N) is 2. The molecule has 1 amide bonds. The highest BCUT2D eigenvalue weighted by atomic mass is 16.5. The van der Waals surface area contributed by atoms with E-state index in [0.717, 1.165) is 58.8 Å².